The van der Waals surface area contributed by atoms with Gasteiger partial charge in [-0.25, -0.2) is 22.8 Å². The predicted molar refractivity (Wildman–Crippen MR) is 530 cm³/mol. The average Bonchev–Trinajstić information content (AvgIpc) is 1.60. The minimum Gasteiger partial charge on any atom is -0.455 e. The number of aromatic nitrogens is 8. The molecule has 0 amide bonds. The van der Waals surface area contributed by atoms with Crippen LogP contribution in [-0.2, 0) is 49.3 Å². The Balaban J connectivity index is 0.000000101. The van der Waals surface area contributed by atoms with E-state index in [2.05, 4.69) is 395 Å². The molecule has 11 heterocycles. The number of para-hydroxylation sites is 2. The van der Waals surface area contributed by atoms with Crippen molar-refractivity contribution in [2.24, 2.45) is 49.3 Å². The zero-order valence-electron chi connectivity index (χ0n) is 72.5. The van der Waals surface area contributed by atoms with Crippen LogP contribution in [0.15, 0.2) is 348 Å². The van der Waals surface area contributed by atoms with Gasteiger partial charge in [-0.2, -0.15) is 9.13 Å². The minimum absolute atomic E-state index is 0. The maximum atomic E-state index is 6.51. The van der Waals surface area contributed by atoms with E-state index in [1.165, 1.54) is 130 Å². The Morgan fingerprint density at radius 3 is 1.16 bits per heavy atom. The van der Waals surface area contributed by atoms with Crippen molar-refractivity contribution in [3.05, 3.63) is 350 Å². The minimum atomic E-state index is 0. The van der Waals surface area contributed by atoms with Crippen molar-refractivity contribution in [3.63, 3.8) is 0 Å². The van der Waals surface area contributed by atoms with E-state index < -0.39 is 0 Å². The summed E-state index contributed by atoms with van der Waals surface area (Å²) in [7, 11) is 14.5. The van der Waals surface area contributed by atoms with E-state index in [9.17, 15) is 0 Å². The number of thiazole rings is 1. The molecule has 26 rings (SSSR count). The molecule has 26 aromatic rings. The molecule has 0 bridgehead atoms. The summed E-state index contributed by atoms with van der Waals surface area (Å²) >= 11 is 1.75. The van der Waals surface area contributed by atoms with Crippen LogP contribution >= 0.6 is 11.3 Å². The third-order valence-corrected chi connectivity index (χ3v) is 26.7. The van der Waals surface area contributed by atoms with Crippen molar-refractivity contribution in [1.82, 2.24) is 14.1 Å². The van der Waals surface area contributed by atoms with Crippen LogP contribution in [0.1, 0.15) is 42.7 Å². The van der Waals surface area contributed by atoms with Crippen LogP contribution in [0.5, 0.6) is 0 Å². The smallest absolute Gasteiger partial charge is 0.384 e. The number of aryl methyl sites for hydroxylation is 12. The van der Waals surface area contributed by atoms with Gasteiger partial charge in [-0.3, -0.25) is 4.98 Å². The van der Waals surface area contributed by atoms with Gasteiger partial charge >= 0.3 is 5.89 Å². The second-order valence-electron chi connectivity index (χ2n) is 33.4. The summed E-state index contributed by atoms with van der Waals surface area (Å²) in [4.78, 5) is 4.73. The Morgan fingerprint density at radius 1 is 0.318 bits per heavy atom. The monoisotopic (exact) mass is 1710 g/mol. The number of pyridine rings is 2. The van der Waals surface area contributed by atoms with E-state index in [4.69, 9.17) is 31.5 Å². The molecular formula is C114H97N8O6S+5. The molecule has 0 spiro atoms. The van der Waals surface area contributed by atoms with E-state index in [1.807, 2.05) is 36.1 Å². The van der Waals surface area contributed by atoms with Gasteiger partial charge in [0.2, 0.25) is 11.9 Å². The Morgan fingerprint density at radius 2 is 0.721 bits per heavy atom. The molecule has 15 heteroatoms. The van der Waals surface area contributed by atoms with Crippen LogP contribution in [0.25, 0.3) is 231 Å². The molecule has 11 aromatic heterocycles. The summed E-state index contributed by atoms with van der Waals surface area (Å²) in [5, 5.41) is 26.1. The first kappa shape index (κ1) is 81.7. The molecule has 15 aromatic carbocycles. The zero-order valence-corrected chi connectivity index (χ0v) is 73.4. The summed E-state index contributed by atoms with van der Waals surface area (Å²) in [5.41, 5.74) is 25.3. The van der Waals surface area contributed by atoms with Crippen molar-refractivity contribution < 1.29 is 49.3 Å². The van der Waals surface area contributed by atoms with Crippen molar-refractivity contribution in [3.8, 4) is 56.1 Å². The van der Waals surface area contributed by atoms with Crippen molar-refractivity contribution in [2.75, 3.05) is 0 Å². The van der Waals surface area contributed by atoms with Crippen LogP contribution in [0, 0.1) is 34.6 Å². The second kappa shape index (κ2) is 32.4. The highest BCUT2D eigenvalue weighted by atomic mass is 32.1. The molecule has 0 aliphatic rings. The predicted octanol–water partition coefficient (Wildman–Crippen LogP) is 27.8. The van der Waals surface area contributed by atoms with Crippen molar-refractivity contribution >= 4 is 186 Å². The fourth-order valence-corrected chi connectivity index (χ4v) is 20.5. The lowest BCUT2D eigenvalue weighted by atomic mass is 10.00. The molecule has 0 radical (unpaired) electrons. The normalized spacial score (nSPS) is 11.6. The van der Waals surface area contributed by atoms with Gasteiger partial charge < -0.3 is 26.5 Å². The fraction of sp³-hybridized carbons (Fsp3) is 0.123. The summed E-state index contributed by atoms with van der Waals surface area (Å²) in [6, 6.07) is 95.5. The Labute approximate surface area is 749 Å². The van der Waals surface area contributed by atoms with Crippen LogP contribution < -0.4 is 22.8 Å². The van der Waals surface area contributed by atoms with Gasteiger partial charge in [-0.15, -0.1) is 0 Å². The zero-order chi connectivity index (χ0) is 86.3. The number of hydrogen-bond acceptors (Lipinski definition) is 8. The molecule has 0 N–H and O–H groups in total. The molecular weight excluding hydrogens is 1610 g/mol. The number of hydrogen-bond donors (Lipinski definition) is 0. The van der Waals surface area contributed by atoms with Gasteiger partial charge in [0, 0.05) is 61.4 Å². The highest BCUT2D eigenvalue weighted by Gasteiger charge is 2.32. The number of benzene rings is 15. The molecule has 0 unspecified atom stereocenters. The van der Waals surface area contributed by atoms with E-state index in [1.54, 1.807) is 17.6 Å². The number of nitrogens with zero attached hydrogens (tertiary/aromatic N) is 8. The maximum Gasteiger partial charge on any atom is 0.384 e. The molecule has 0 fully saturated rings. The summed E-state index contributed by atoms with van der Waals surface area (Å²) in [5.74, 6) is 3.10. The summed E-state index contributed by atoms with van der Waals surface area (Å²) in [6.07, 6.45) is 13.9. The molecule has 129 heavy (non-hydrogen) atoms. The number of fused-ring (bicyclic) bond motifs is 26. The number of imidazole rings is 2. The topological polar surface area (TPSA) is 121 Å². The number of rotatable bonds is 5. The highest BCUT2D eigenvalue weighted by molar-refractivity contribution is 7.12. The van der Waals surface area contributed by atoms with Gasteiger partial charge in [0.15, 0.2) is 57.6 Å². The Hall–Kier alpha value is -15.6. The Bertz CT molecular complexity index is 8730. The van der Waals surface area contributed by atoms with E-state index in [-0.39, 0.29) is 14.9 Å². The quantitative estimate of drug-likeness (QED) is 0.157. The van der Waals surface area contributed by atoms with E-state index in [0.29, 0.717) is 0 Å². The van der Waals surface area contributed by atoms with Gasteiger partial charge in [0.05, 0.1) is 44.5 Å². The third-order valence-electron chi connectivity index (χ3n) is 25.7. The summed E-state index contributed by atoms with van der Waals surface area (Å²) in [6.45, 7) is 10.6. The molecule has 0 saturated heterocycles. The second-order valence-corrected chi connectivity index (χ2v) is 34.3. The van der Waals surface area contributed by atoms with Gasteiger partial charge in [-0.1, -0.05) is 239 Å². The molecule has 14 nitrogen and oxygen atoms in total. The molecule has 0 saturated carbocycles. The lowest BCUT2D eigenvalue weighted by Crippen LogP contribution is -2.30. The van der Waals surface area contributed by atoms with Crippen LogP contribution in [-0.4, -0.2) is 14.1 Å². The number of furan rings is 5. The molecule has 0 atom stereocenters. The fourth-order valence-electron chi connectivity index (χ4n) is 19.5. The van der Waals surface area contributed by atoms with Gasteiger partial charge in [0.1, 0.15) is 89.2 Å². The standard InChI is InChI=1S/C26H21N2O.C22H19N2O.C22H17N2O.C21H16NO2.C21H16NOS.2CH4/c1-16-12-14-19-24-18-9-5-4-8-17(18)13-15-22(24)29-25(19)23(16)26-27(2)20-10-6-7-11-21(20)28(26)3;1-14-8-10-17-20-16-7-5-4-6-15(16)9-11-18(20)25-21(17)19(14)22-23(2)12-13-24(22)3;1-14-13-23-21-20-16-8-4-3-7-15(16)10-11-18(20)25-22(21)19(14)17-9-5-6-12-24(17)2;1-13-7-9-16-19-15-6-4-3-5-14(15)8-10-17(19)24-20(16)18(13)21-22(2)11-12-23-21;1-13-7-9-16-19-15-6-4-3-5-14(15)8-10-17(19)23-20(16)18(13)21-22(2)11-12-24-21;;/h4-15H,1-3H3;4-13H,1-3H3;3-13H,1-2H3;2*3-12H,1-2H3;2*1H4/q5*+1;;. The first-order chi connectivity index (χ1) is 62.0. The van der Waals surface area contributed by atoms with Crippen LogP contribution in [0.2, 0.25) is 0 Å². The Kier molecular flexibility index (Phi) is 20.6. The molecule has 0 aliphatic heterocycles. The van der Waals surface area contributed by atoms with E-state index >= 15 is 0 Å². The highest BCUT2D eigenvalue weighted by Crippen LogP contribution is 2.47. The van der Waals surface area contributed by atoms with Crippen LogP contribution in [0.3, 0.4) is 0 Å². The van der Waals surface area contributed by atoms with E-state index in [0.717, 1.165) is 129 Å². The van der Waals surface area contributed by atoms with Gasteiger partial charge in [0.25, 0.3) is 16.7 Å². The largest absolute Gasteiger partial charge is 0.455 e. The summed E-state index contributed by atoms with van der Waals surface area (Å²) < 4.78 is 52.6. The lowest BCUT2D eigenvalue weighted by Gasteiger charge is -2.05. The first-order valence-electron chi connectivity index (χ1n) is 42.8. The van der Waals surface area contributed by atoms with Gasteiger partial charge in [-0.05, 0) is 165 Å². The average molecular weight is 1710 g/mol. The number of oxazole rings is 1. The molecule has 0 aliphatic carbocycles. The first-order valence-corrected chi connectivity index (χ1v) is 43.7. The van der Waals surface area contributed by atoms with Crippen molar-refractivity contribution in [1.29, 1.82) is 0 Å². The van der Waals surface area contributed by atoms with Crippen molar-refractivity contribution in [2.45, 2.75) is 49.5 Å². The third kappa shape index (κ3) is 13.4. The molecule has 630 valence electrons. The maximum absolute atomic E-state index is 6.51. The van der Waals surface area contributed by atoms with Crippen LogP contribution in [0.4, 0.5) is 0 Å². The lowest BCUT2D eigenvalue weighted by molar-refractivity contribution is -0.662. The SMILES string of the molecule is C.C.Cc1ccc2c(oc3ccc4ccccc4c32)c1-c1n(C)c2ccccc2[n+]1C.Cc1ccc2c(oc3ccc4ccccc4c32)c1-c1n(C)cc[n+]1C.Cc1ccc2c(oc3ccc4ccccc4c32)c1-c1occ[n+]1C.Cc1ccc2c(oc3ccc4ccccc4c32)c1-c1scc[n+]1C.Cc1cnc2c(oc3ccc4ccccc4c32)c1-c1cccc[n+]1C.